The fourth-order valence-electron chi connectivity index (χ4n) is 0.887. The molecular weight excluding hydrogens is 196 g/mol. The highest BCUT2D eigenvalue weighted by Crippen LogP contribution is 1.92. The number of rotatable bonds is 4. The van der Waals surface area contributed by atoms with Gasteiger partial charge in [0.1, 0.15) is 6.20 Å². The summed E-state index contributed by atoms with van der Waals surface area (Å²) in [6, 6.07) is 1.51. The molecule has 0 saturated heterocycles. The first-order chi connectivity index (χ1) is 7.24. The van der Waals surface area contributed by atoms with Gasteiger partial charge in [-0.2, -0.15) is 0 Å². The number of esters is 1. The normalized spacial score (nSPS) is 10.5. The minimum absolute atomic E-state index is 0.114. The molecule has 5 nitrogen and oxygen atoms in total. The number of aromatic nitrogens is 2. The van der Waals surface area contributed by atoms with E-state index < -0.39 is 5.97 Å². The van der Waals surface area contributed by atoms with E-state index in [9.17, 15) is 10.0 Å². The van der Waals surface area contributed by atoms with E-state index in [0.29, 0.717) is 4.73 Å². The molecule has 80 valence electrons. The third-order valence-corrected chi connectivity index (χ3v) is 1.62. The number of nitrogens with zero attached hydrogens (tertiary/aromatic N) is 2. The first-order valence-electron chi connectivity index (χ1n) is 4.60. The fourth-order valence-corrected chi connectivity index (χ4v) is 0.887. The molecule has 0 aliphatic heterocycles. The van der Waals surface area contributed by atoms with E-state index in [2.05, 4.69) is 4.98 Å². The van der Waals surface area contributed by atoms with Gasteiger partial charge in [0.15, 0.2) is 6.61 Å². The van der Waals surface area contributed by atoms with Crippen LogP contribution in [0.3, 0.4) is 0 Å². The standard InChI is InChI=1S/C10H12N2O3/c1-2-3-5-10(13)15-8-9-11-6-4-7-12(9)14/h3-7H,2,8H2,1H3/b5-3+. The van der Waals surface area contributed by atoms with Crippen molar-refractivity contribution in [1.29, 1.82) is 0 Å². The number of carbonyl (C=O) groups is 1. The van der Waals surface area contributed by atoms with Gasteiger partial charge in [-0.25, -0.2) is 9.52 Å². The fraction of sp³-hybridized carbons (Fsp3) is 0.300. The van der Waals surface area contributed by atoms with E-state index in [0.717, 1.165) is 6.42 Å². The quantitative estimate of drug-likeness (QED) is 0.316. The summed E-state index contributed by atoms with van der Waals surface area (Å²) in [5, 5.41) is 11.1. The highest BCUT2D eigenvalue weighted by atomic mass is 16.5. The molecule has 0 radical (unpaired) electrons. The number of hydrogen-bond donors (Lipinski definition) is 0. The van der Waals surface area contributed by atoms with Crippen molar-refractivity contribution in [3.63, 3.8) is 0 Å². The molecular formula is C10H12N2O3. The van der Waals surface area contributed by atoms with Crippen LogP contribution >= 0.6 is 0 Å². The predicted octanol–water partition coefficient (Wildman–Crippen LogP) is 0.724. The first-order valence-corrected chi connectivity index (χ1v) is 4.60. The molecule has 0 spiro atoms. The summed E-state index contributed by atoms with van der Waals surface area (Å²) < 4.78 is 5.37. The second kappa shape index (κ2) is 5.74. The zero-order valence-corrected chi connectivity index (χ0v) is 8.42. The maximum Gasteiger partial charge on any atom is 0.339 e. The molecule has 0 unspecified atom stereocenters. The van der Waals surface area contributed by atoms with Crippen LogP contribution in [0.4, 0.5) is 0 Å². The van der Waals surface area contributed by atoms with Crippen LogP contribution in [0.2, 0.25) is 0 Å². The molecule has 0 aromatic carbocycles. The van der Waals surface area contributed by atoms with E-state index in [4.69, 9.17) is 4.74 Å². The van der Waals surface area contributed by atoms with Crippen LogP contribution in [0.15, 0.2) is 30.6 Å². The van der Waals surface area contributed by atoms with Crippen LogP contribution < -0.4 is 4.73 Å². The van der Waals surface area contributed by atoms with Gasteiger partial charge < -0.3 is 9.94 Å². The summed E-state index contributed by atoms with van der Waals surface area (Å²) in [5.74, 6) is -0.307. The molecule has 0 aliphatic rings. The zero-order chi connectivity index (χ0) is 11.1. The van der Waals surface area contributed by atoms with Crippen molar-refractivity contribution in [3.8, 4) is 0 Å². The number of hydrogen-bond acceptors (Lipinski definition) is 4. The SMILES string of the molecule is CC/C=C/C(=O)OCc1nccc[n+]1[O-]. The van der Waals surface area contributed by atoms with Crippen molar-refractivity contribution in [2.45, 2.75) is 20.0 Å². The van der Waals surface area contributed by atoms with Crippen LogP contribution in [0, 0.1) is 5.21 Å². The van der Waals surface area contributed by atoms with Crippen molar-refractivity contribution < 1.29 is 14.3 Å². The van der Waals surface area contributed by atoms with E-state index in [-0.39, 0.29) is 12.4 Å². The van der Waals surface area contributed by atoms with Crippen molar-refractivity contribution in [2.75, 3.05) is 0 Å². The Balaban J connectivity index is 2.47. The summed E-state index contributed by atoms with van der Waals surface area (Å²) in [7, 11) is 0. The van der Waals surface area contributed by atoms with E-state index in [1.165, 1.54) is 24.5 Å². The van der Waals surface area contributed by atoms with E-state index in [1.807, 2.05) is 6.92 Å². The van der Waals surface area contributed by atoms with Gasteiger partial charge in [-0.05, 0) is 11.4 Å². The largest absolute Gasteiger partial charge is 0.711 e. The van der Waals surface area contributed by atoms with Crippen molar-refractivity contribution >= 4 is 5.97 Å². The smallest absolute Gasteiger partial charge is 0.339 e. The molecule has 1 aromatic heterocycles. The molecule has 1 rings (SSSR count). The Morgan fingerprint density at radius 3 is 3.20 bits per heavy atom. The third-order valence-electron chi connectivity index (χ3n) is 1.62. The zero-order valence-electron chi connectivity index (χ0n) is 8.42. The van der Waals surface area contributed by atoms with Crippen LogP contribution in [0.5, 0.6) is 0 Å². The Labute approximate surface area is 87.6 Å². The lowest BCUT2D eigenvalue weighted by atomic mass is 10.4. The van der Waals surface area contributed by atoms with Crippen LogP contribution in [-0.2, 0) is 16.1 Å². The van der Waals surface area contributed by atoms with Gasteiger partial charge in [-0.1, -0.05) is 13.0 Å². The molecule has 0 N–H and O–H groups in total. The van der Waals surface area contributed by atoms with E-state index >= 15 is 0 Å². The van der Waals surface area contributed by atoms with Crippen molar-refractivity contribution in [2.24, 2.45) is 0 Å². The van der Waals surface area contributed by atoms with Gasteiger partial charge >= 0.3 is 11.8 Å². The number of carbonyl (C=O) groups excluding carboxylic acids is 1. The molecule has 0 fully saturated rings. The maximum atomic E-state index is 11.1. The minimum Gasteiger partial charge on any atom is -0.711 e. The lowest BCUT2D eigenvalue weighted by Crippen LogP contribution is -2.33. The number of allylic oxidation sites excluding steroid dienone is 1. The van der Waals surface area contributed by atoms with Gasteiger partial charge in [0, 0.05) is 12.1 Å². The van der Waals surface area contributed by atoms with Gasteiger partial charge in [-0.15, -0.1) is 0 Å². The molecule has 0 atom stereocenters. The van der Waals surface area contributed by atoms with Crippen LogP contribution in [0.25, 0.3) is 0 Å². The molecule has 0 saturated carbocycles. The average molecular weight is 208 g/mol. The summed E-state index contributed by atoms with van der Waals surface area (Å²) >= 11 is 0. The second-order valence-electron chi connectivity index (χ2n) is 2.78. The topological polar surface area (TPSA) is 66.1 Å². The number of ether oxygens (including phenoxy) is 1. The maximum absolute atomic E-state index is 11.1. The van der Waals surface area contributed by atoms with Gasteiger partial charge in [0.25, 0.3) is 0 Å². The summed E-state index contributed by atoms with van der Waals surface area (Å²) in [4.78, 5) is 14.8. The minimum atomic E-state index is -0.470. The average Bonchev–Trinajstić information content (AvgIpc) is 2.25. The van der Waals surface area contributed by atoms with Gasteiger partial charge in [0.2, 0.25) is 0 Å². The second-order valence-corrected chi connectivity index (χ2v) is 2.78. The summed E-state index contributed by atoms with van der Waals surface area (Å²) in [5.41, 5.74) is 0. The van der Waals surface area contributed by atoms with Gasteiger partial charge in [0.05, 0.1) is 6.20 Å². The molecule has 0 amide bonds. The highest BCUT2D eigenvalue weighted by Gasteiger charge is 2.07. The van der Waals surface area contributed by atoms with Crippen molar-refractivity contribution in [1.82, 2.24) is 4.98 Å². The van der Waals surface area contributed by atoms with Crippen LogP contribution in [0.1, 0.15) is 19.2 Å². The van der Waals surface area contributed by atoms with Gasteiger partial charge in [-0.3, -0.25) is 0 Å². The monoisotopic (exact) mass is 208 g/mol. The molecule has 0 bridgehead atoms. The molecule has 5 heteroatoms. The molecule has 15 heavy (non-hydrogen) atoms. The van der Waals surface area contributed by atoms with Crippen molar-refractivity contribution in [3.05, 3.63) is 41.6 Å². The third kappa shape index (κ3) is 3.76. The molecule has 1 heterocycles. The Morgan fingerprint density at radius 1 is 1.73 bits per heavy atom. The Morgan fingerprint density at radius 2 is 2.53 bits per heavy atom. The van der Waals surface area contributed by atoms with E-state index in [1.54, 1.807) is 6.08 Å². The highest BCUT2D eigenvalue weighted by molar-refractivity contribution is 5.81. The lowest BCUT2D eigenvalue weighted by molar-refractivity contribution is -0.620. The first kappa shape index (κ1) is 11.2. The van der Waals surface area contributed by atoms with Crippen LogP contribution in [-0.4, -0.2) is 11.0 Å². The predicted molar refractivity (Wildman–Crippen MR) is 52.4 cm³/mol. The molecule has 1 aromatic rings. The summed E-state index contributed by atoms with van der Waals surface area (Å²) in [6.07, 6.45) is 6.56. The Bertz CT molecular complexity index is 363. The Kier molecular flexibility index (Phi) is 4.28. The molecule has 0 aliphatic carbocycles. The lowest BCUT2D eigenvalue weighted by Gasteiger charge is -2.04. The Hall–Kier alpha value is -1.91. The summed E-state index contributed by atoms with van der Waals surface area (Å²) in [6.45, 7) is 1.80.